The predicted molar refractivity (Wildman–Crippen MR) is 123 cm³/mol. The Morgan fingerprint density at radius 1 is 0.963 bits per heavy atom. The summed E-state index contributed by atoms with van der Waals surface area (Å²) >= 11 is 0. The van der Waals surface area contributed by atoms with Crippen molar-refractivity contribution in [3.63, 3.8) is 0 Å². The summed E-state index contributed by atoms with van der Waals surface area (Å²) in [6.07, 6.45) is 2.30. The van der Waals surface area contributed by atoms with Crippen molar-refractivity contribution in [2.75, 3.05) is 27.9 Å². The molecule has 27 heavy (non-hydrogen) atoms. The van der Waals surface area contributed by atoms with Crippen molar-refractivity contribution in [1.82, 2.24) is 10.6 Å². The lowest BCUT2D eigenvalue weighted by Crippen LogP contribution is -2.42. The number of ether oxygens (including phenoxy) is 3. The average molecular weight is 493 g/mol. The largest absolute Gasteiger partial charge is 0.496 e. The molecule has 0 aliphatic heterocycles. The molecule has 1 rings (SSSR count). The zero-order valence-corrected chi connectivity index (χ0v) is 20.0. The molecule has 7 heteroatoms. The zero-order valence-electron chi connectivity index (χ0n) is 17.7. The molecule has 0 spiro atoms. The summed E-state index contributed by atoms with van der Waals surface area (Å²) in [5.41, 5.74) is 0.942. The molecule has 6 nitrogen and oxygen atoms in total. The fourth-order valence-electron chi connectivity index (χ4n) is 2.59. The summed E-state index contributed by atoms with van der Waals surface area (Å²) in [6.45, 7) is 10.0. The molecule has 0 saturated heterocycles. The van der Waals surface area contributed by atoms with Crippen LogP contribution in [0.1, 0.15) is 46.1 Å². The Bertz CT molecular complexity index is 580. The van der Waals surface area contributed by atoms with Gasteiger partial charge in [-0.2, -0.15) is 0 Å². The van der Waals surface area contributed by atoms with Crippen LogP contribution >= 0.6 is 24.0 Å². The lowest BCUT2D eigenvalue weighted by atomic mass is 10.0. The minimum absolute atomic E-state index is 0. The lowest BCUT2D eigenvalue weighted by Gasteiger charge is -2.19. The average Bonchev–Trinajstić information content (AvgIpc) is 2.63. The van der Waals surface area contributed by atoms with Gasteiger partial charge >= 0.3 is 0 Å². The Labute approximate surface area is 181 Å². The third-order valence-corrected chi connectivity index (χ3v) is 4.10. The fraction of sp³-hybridized carbons (Fsp3) is 0.650. The number of rotatable bonds is 10. The molecule has 0 aliphatic rings. The van der Waals surface area contributed by atoms with Gasteiger partial charge < -0.3 is 24.8 Å². The highest BCUT2D eigenvalue weighted by Gasteiger charge is 2.12. The molecular formula is C20H36IN3O3. The highest BCUT2D eigenvalue weighted by molar-refractivity contribution is 14.0. The maximum Gasteiger partial charge on any atom is 0.191 e. The highest BCUT2D eigenvalue weighted by Crippen LogP contribution is 2.34. The minimum atomic E-state index is 0. The smallest absolute Gasteiger partial charge is 0.191 e. The number of hydrogen-bond acceptors (Lipinski definition) is 4. The second kappa shape index (κ2) is 13.7. The number of guanidine groups is 1. The summed E-state index contributed by atoms with van der Waals surface area (Å²) in [6, 6.07) is 4.10. The molecule has 1 unspecified atom stereocenters. The Hall–Kier alpha value is -1.38. The molecule has 2 N–H and O–H groups in total. The number of halogens is 1. The van der Waals surface area contributed by atoms with Crippen LogP contribution in [0, 0.1) is 5.92 Å². The molecule has 0 saturated carbocycles. The summed E-state index contributed by atoms with van der Waals surface area (Å²) < 4.78 is 16.2. The quantitative estimate of drug-likeness (QED) is 0.291. The Morgan fingerprint density at radius 2 is 1.56 bits per heavy atom. The van der Waals surface area contributed by atoms with Crippen LogP contribution in [0.4, 0.5) is 0 Å². The maximum atomic E-state index is 5.48. The van der Waals surface area contributed by atoms with Crippen LogP contribution in [-0.4, -0.2) is 39.9 Å². The molecule has 156 valence electrons. The summed E-state index contributed by atoms with van der Waals surface area (Å²) in [4.78, 5) is 4.71. The van der Waals surface area contributed by atoms with Gasteiger partial charge in [0, 0.05) is 24.2 Å². The van der Waals surface area contributed by atoms with Gasteiger partial charge in [-0.1, -0.05) is 13.8 Å². The first-order valence-electron chi connectivity index (χ1n) is 9.28. The van der Waals surface area contributed by atoms with Gasteiger partial charge in [0.05, 0.1) is 27.9 Å². The number of benzene rings is 1. The first-order chi connectivity index (χ1) is 12.4. The first-order valence-corrected chi connectivity index (χ1v) is 9.28. The molecule has 0 amide bonds. The van der Waals surface area contributed by atoms with E-state index in [0.717, 1.165) is 30.2 Å². The number of nitrogens with one attached hydrogen (secondary N) is 2. The number of methoxy groups -OCH3 is 3. The Morgan fingerprint density at radius 3 is 2.07 bits per heavy atom. The summed E-state index contributed by atoms with van der Waals surface area (Å²) in [5.74, 6) is 3.55. The van der Waals surface area contributed by atoms with E-state index in [1.165, 1.54) is 6.42 Å². The van der Waals surface area contributed by atoms with Crippen LogP contribution < -0.4 is 24.8 Å². The highest BCUT2D eigenvalue weighted by atomic mass is 127. The standard InChI is InChI=1S/C20H35N3O3.HI/c1-8-21-20(23-15(4)10-9-14(2)3)22-13-16-11-18(25-6)19(26-7)12-17(16)24-5;/h11-12,14-15H,8-10,13H2,1-7H3,(H2,21,22,23);1H. The van der Waals surface area contributed by atoms with Crippen LogP contribution in [-0.2, 0) is 6.54 Å². The van der Waals surface area contributed by atoms with E-state index in [4.69, 9.17) is 19.2 Å². The van der Waals surface area contributed by atoms with Crippen LogP contribution in [0.2, 0.25) is 0 Å². The summed E-state index contributed by atoms with van der Waals surface area (Å²) in [5, 5.41) is 6.78. The van der Waals surface area contributed by atoms with Crippen LogP contribution in [0.3, 0.4) is 0 Å². The lowest BCUT2D eigenvalue weighted by molar-refractivity contribution is 0.347. The maximum absolute atomic E-state index is 5.48. The van der Waals surface area contributed by atoms with Gasteiger partial charge in [-0.05, 0) is 38.7 Å². The van der Waals surface area contributed by atoms with Gasteiger partial charge in [0.25, 0.3) is 0 Å². The normalized spacial score (nSPS) is 12.2. The predicted octanol–water partition coefficient (Wildman–Crippen LogP) is 4.21. The number of hydrogen-bond donors (Lipinski definition) is 2. The second-order valence-electron chi connectivity index (χ2n) is 6.73. The third-order valence-electron chi connectivity index (χ3n) is 4.10. The molecule has 0 heterocycles. The van der Waals surface area contributed by atoms with E-state index in [1.54, 1.807) is 21.3 Å². The van der Waals surface area contributed by atoms with Gasteiger partial charge in [0.15, 0.2) is 17.5 Å². The van der Waals surface area contributed by atoms with Crippen LogP contribution in [0.5, 0.6) is 17.2 Å². The fourth-order valence-corrected chi connectivity index (χ4v) is 2.59. The third kappa shape index (κ3) is 8.90. The van der Waals surface area contributed by atoms with E-state index in [1.807, 2.05) is 12.1 Å². The van der Waals surface area contributed by atoms with E-state index in [-0.39, 0.29) is 24.0 Å². The van der Waals surface area contributed by atoms with Crippen LogP contribution in [0.25, 0.3) is 0 Å². The number of aliphatic imine (C=N–C) groups is 1. The molecule has 0 aromatic heterocycles. The van der Waals surface area contributed by atoms with Gasteiger partial charge in [0.2, 0.25) is 0 Å². The monoisotopic (exact) mass is 493 g/mol. The van der Waals surface area contributed by atoms with Gasteiger partial charge in [0.1, 0.15) is 5.75 Å². The Kier molecular flexibility index (Phi) is 13.0. The van der Waals surface area contributed by atoms with E-state index in [2.05, 4.69) is 38.3 Å². The van der Waals surface area contributed by atoms with Crippen molar-refractivity contribution in [3.8, 4) is 17.2 Å². The molecule has 1 atom stereocenters. The van der Waals surface area contributed by atoms with Gasteiger partial charge in [-0.25, -0.2) is 4.99 Å². The number of nitrogens with zero attached hydrogens (tertiary/aromatic N) is 1. The van der Waals surface area contributed by atoms with Crippen molar-refractivity contribution in [3.05, 3.63) is 17.7 Å². The van der Waals surface area contributed by atoms with E-state index in [0.29, 0.717) is 30.0 Å². The molecule has 1 aromatic rings. The van der Waals surface area contributed by atoms with E-state index >= 15 is 0 Å². The topological polar surface area (TPSA) is 64.1 Å². The molecule has 1 aromatic carbocycles. The van der Waals surface area contributed by atoms with Crippen molar-refractivity contribution < 1.29 is 14.2 Å². The SMILES string of the molecule is CCNC(=NCc1cc(OC)c(OC)cc1OC)NC(C)CCC(C)C.I. The van der Waals surface area contributed by atoms with E-state index in [9.17, 15) is 0 Å². The molecular weight excluding hydrogens is 457 g/mol. The van der Waals surface area contributed by atoms with Crippen LogP contribution in [0.15, 0.2) is 17.1 Å². The second-order valence-corrected chi connectivity index (χ2v) is 6.73. The first kappa shape index (κ1) is 25.6. The zero-order chi connectivity index (χ0) is 19.5. The molecule has 0 radical (unpaired) electrons. The van der Waals surface area contributed by atoms with E-state index < -0.39 is 0 Å². The van der Waals surface area contributed by atoms with Crippen molar-refractivity contribution >= 4 is 29.9 Å². The minimum Gasteiger partial charge on any atom is -0.496 e. The summed E-state index contributed by atoms with van der Waals surface area (Å²) in [7, 11) is 4.88. The van der Waals surface area contributed by atoms with Crippen molar-refractivity contribution in [2.24, 2.45) is 10.9 Å². The van der Waals surface area contributed by atoms with Gasteiger partial charge in [-0.15, -0.1) is 24.0 Å². The van der Waals surface area contributed by atoms with Gasteiger partial charge in [-0.3, -0.25) is 0 Å². The van der Waals surface area contributed by atoms with Crippen molar-refractivity contribution in [2.45, 2.75) is 53.1 Å². The molecule has 0 aliphatic carbocycles. The molecule has 0 bridgehead atoms. The molecule has 0 fully saturated rings. The Balaban J connectivity index is 0.00000676. The van der Waals surface area contributed by atoms with Crippen molar-refractivity contribution in [1.29, 1.82) is 0 Å².